The Morgan fingerprint density at radius 2 is 2.30 bits per heavy atom. The Balaban J connectivity index is 1.68. The minimum absolute atomic E-state index is 0.0484. The smallest absolute Gasteiger partial charge is 0.0700 e. The molecule has 0 saturated carbocycles. The fourth-order valence-electron chi connectivity index (χ4n) is 3.36. The molecule has 4 heteroatoms. The van der Waals surface area contributed by atoms with E-state index in [1.807, 2.05) is 0 Å². The summed E-state index contributed by atoms with van der Waals surface area (Å²) >= 11 is 3.55. The number of hydrogen-bond acceptors (Lipinski definition) is 3. The van der Waals surface area contributed by atoms with Gasteiger partial charge < -0.3 is 15.8 Å². The lowest BCUT2D eigenvalue weighted by atomic mass is 9.78. The van der Waals surface area contributed by atoms with Crippen LogP contribution in [-0.4, -0.2) is 31.3 Å². The Morgan fingerprint density at radius 1 is 1.40 bits per heavy atom. The van der Waals surface area contributed by atoms with Gasteiger partial charge in [0, 0.05) is 29.7 Å². The van der Waals surface area contributed by atoms with Crippen LogP contribution in [-0.2, 0) is 17.6 Å². The van der Waals surface area contributed by atoms with Crippen LogP contribution in [0.2, 0.25) is 0 Å². The molecule has 3 rings (SSSR count). The average molecular weight is 339 g/mol. The molecule has 0 spiro atoms. The molecule has 3 nitrogen and oxygen atoms in total. The molecular weight excluding hydrogens is 316 g/mol. The van der Waals surface area contributed by atoms with Crippen molar-refractivity contribution in [2.45, 2.75) is 43.7 Å². The Labute approximate surface area is 129 Å². The van der Waals surface area contributed by atoms with Crippen molar-refractivity contribution in [1.82, 2.24) is 5.32 Å². The summed E-state index contributed by atoms with van der Waals surface area (Å²) in [6.45, 7) is 2.54. The number of fused-ring (bicyclic) bond motifs is 1. The highest BCUT2D eigenvalue weighted by Gasteiger charge is 2.33. The molecule has 0 radical (unpaired) electrons. The maximum Gasteiger partial charge on any atom is 0.0700 e. The first-order chi connectivity index (χ1) is 9.71. The minimum Gasteiger partial charge on any atom is -0.377 e. The molecule has 0 bridgehead atoms. The number of nitrogens with one attached hydrogen (secondary N) is 1. The summed E-state index contributed by atoms with van der Waals surface area (Å²) in [4.78, 5) is 0. The van der Waals surface area contributed by atoms with E-state index in [0.717, 1.165) is 32.4 Å². The topological polar surface area (TPSA) is 47.3 Å². The van der Waals surface area contributed by atoms with E-state index in [2.05, 4.69) is 39.4 Å². The first kappa shape index (κ1) is 14.5. The molecule has 20 heavy (non-hydrogen) atoms. The highest BCUT2D eigenvalue weighted by atomic mass is 79.9. The Hall–Kier alpha value is -0.420. The molecule has 1 saturated heterocycles. The van der Waals surface area contributed by atoms with E-state index in [-0.39, 0.29) is 5.54 Å². The average Bonchev–Trinajstić information content (AvgIpc) is 2.98. The van der Waals surface area contributed by atoms with Crippen LogP contribution in [0.5, 0.6) is 0 Å². The van der Waals surface area contributed by atoms with Gasteiger partial charge in [-0.05, 0) is 55.4 Å². The predicted molar refractivity (Wildman–Crippen MR) is 84.9 cm³/mol. The van der Waals surface area contributed by atoms with Gasteiger partial charge in [-0.1, -0.05) is 22.0 Å². The van der Waals surface area contributed by atoms with Crippen molar-refractivity contribution in [1.29, 1.82) is 0 Å². The monoisotopic (exact) mass is 338 g/mol. The SMILES string of the molecule is NCC1(NCC2CCCO2)CCc2cc(Br)ccc2C1. The van der Waals surface area contributed by atoms with Gasteiger partial charge in [0.15, 0.2) is 0 Å². The van der Waals surface area contributed by atoms with E-state index >= 15 is 0 Å². The lowest BCUT2D eigenvalue weighted by molar-refractivity contribution is 0.0990. The largest absolute Gasteiger partial charge is 0.377 e. The van der Waals surface area contributed by atoms with E-state index in [4.69, 9.17) is 10.5 Å². The van der Waals surface area contributed by atoms with Gasteiger partial charge >= 0.3 is 0 Å². The van der Waals surface area contributed by atoms with Gasteiger partial charge in [0.05, 0.1) is 6.10 Å². The number of rotatable bonds is 4. The number of benzene rings is 1. The second kappa shape index (κ2) is 6.14. The van der Waals surface area contributed by atoms with Crippen LogP contribution in [0.25, 0.3) is 0 Å². The number of aryl methyl sites for hydroxylation is 1. The molecule has 2 atom stereocenters. The van der Waals surface area contributed by atoms with Crippen LogP contribution < -0.4 is 11.1 Å². The highest BCUT2D eigenvalue weighted by Crippen LogP contribution is 2.30. The standard InChI is InChI=1S/C16H23BrN2O/c17-14-4-3-13-9-16(11-18,6-5-12(13)8-14)19-10-15-2-1-7-20-15/h3-4,8,15,19H,1-2,5-7,9-11,18H2. The third-order valence-corrected chi connectivity index (χ3v) is 5.18. The van der Waals surface area contributed by atoms with Crippen molar-refractivity contribution >= 4 is 15.9 Å². The molecule has 1 aliphatic heterocycles. The second-order valence-electron chi connectivity index (χ2n) is 6.09. The molecule has 2 aliphatic rings. The van der Waals surface area contributed by atoms with Gasteiger partial charge in [-0.3, -0.25) is 0 Å². The molecule has 1 aliphatic carbocycles. The molecule has 1 heterocycles. The van der Waals surface area contributed by atoms with E-state index in [1.165, 1.54) is 28.4 Å². The molecule has 3 N–H and O–H groups in total. The Kier molecular flexibility index (Phi) is 4.46. The van der Waals surface area contributed by atoms with Crippen molar-refractivity contribution in [3.8, 4) is 0 Å². The zero-order valence-electron chi connectivity index (χ0n) is 11.8. The lowest BCUT2D eigenvalue weighted by Crippen LogP contribution is -2.56. The van der Waals surface area contributed by atoms with Crippen LogP contribution in [0.4, 0.5) is 0 Å². The van der Waals surface area contributed by atoms with Gasteiger partial charge in [-0.2, -0.15) is 0 Å². The van der Waals surface area contributed by atoms with Crippen molar-refractivity contribution < 1.29 is 4.74 Å². The van der Waals surface area contributed by atoms with Crippen LogP contribution in [0.1, 0.15) is 30.4 Å². The van der Waals surface area contributed by atoms with Gasteiger partial charge in [0.1, 0.15) is 0 Å². The van der Waals surface area contributed by atoms with Crippen molar-refractivity contribution in [2.24, 2.45) is 5.73 Å². The number of halogens is 1. The van der Waals surface area contributed by atoms with Crippen molar-refractivity contribution in [3.63, 3.8) is 0 Å². The second-order valence-corrected chi connectivity index (χ2v) is 7.01. The van der Waals surface area contributed by atoms with E-state index < -0.39 is 0 Å². The van der Waals surface area contributed by atoms with Crippen LogP contribution in [0.15, 0.2) is 22.7 Å². The summed E-state index contributed by atoms with van der Waals surface area (Å²) in [6, 6.07) is 6.61. The first-order valence-corrected chi connectivity index (χ1v) is 8.34. The molecule has 1 fully saturated rings. The maximum absolute atomic E-state index is 6.10. The fraction of sp³-hybridized carbons (Fsp3) is 0.625. The highest BCUT2D eigenvalue weighted by molar-refractivity contribution is 9.10. The third-order valence-electron chi connectivity index (χ3n) is 4.69. The van der Waals surface area contributed by atoms with Crippen LogP contribution >= 0.6 is 15.9 Å². The van der Waals surface area contributed by atoms with Crippen LogP contribution in [0.3, 0.4) is 0 Å². The summed E-state index contributed by atoms with van der Waals surface area (Å²) < 4.78 is 6.88. The molecule has 2 unspecified atom stereocenters. The molecule has 110 valence electrons. The number of nitrogens with two attached hydrogens (primary N) is 1. The number of hydrogen-bond donors (Lipinski definition) is 2. The van der Waals surface area contributed by atoms with Crippen molar-refractivity contribution in [3.05, 3.63) is 33.8 Å². The molecular formula is C16H23BrN2O. The molecule has 0 aromatic heterocycles. The maximum atomic E-state index is 6.10. The molecule has 1 aromatic carbocycles. The van der Waals surface area contributed by atoms with Crippen LogP contribution in [0, 0.1) is 0 Å². The summed E-state index contributed by atoms with van der Waals surface area (Å²) in [5, 5.41) is 3.72. The Bertz CT molecular complexity index is 474. The first-order valence-electron chi connectivity index (χ1n) is 7.55. The zero-order valence-corrected chi connectivity index (χ0v) is 13.4. The summed E-state index contributed by atoms with van der Waals surface area (Å²) in [5.74, 6) is 0. The third kappa shape index (κ3) is 3.08. The van der Waals surface area contributed by atoms with E-state index in [9.17, 15) is 0 Å². The van der Waals surface area contributed by atoms with Gasteiger partial charge in [-0.15, -0.1) is 0 Å². The van der Waals surface area contributed by atoms with E-state index in [1.54, 1.807) is 0 Å². The Morgan fingerprint density at radius 3 is 3.05 bits per heavy atom. The molecule has 0 amide bonds. The van der Waals surface area contributed by atoms with E-state index in [0.29, 0.717) is 12.6 Å². The molecule has 1 aromatic rings. The zero-order chi connectivity index (χ0) is 14.0. The van der Waals surface area contributed by atoms with Gasteiger partial charge in [0.2, 0.25) is 0 Å². The van der Waals surface area contributed by atoms with Gasteiger partial charge in [0.25, 0.3) is 0 Å². The summed E-state index contributed by atoms with van der Waals surface area (Å²) in [5.41, 5.74) is 9.04. The quantitative estimate of drug-likeness (QED) is 0.886. The van der Waals surface area contributed by atoms with Gasteiger partial charge in [-0.25, -0.2) is 0 Å². The summed E-state index contributed by atoms with van der Waals surface area (Å²) in [6.07, 6.45) is 5.99. The predicted octanol–water partition coefficient (Wildman–Crippen LogP) is 2.40. The van der Waals surface area contributed by atoms with Crippen molar-refractivity contribution in [2.75, 3.05) is 19.7 Å². The normalized spacial score (nSPS) is 29.4. The summed E-state index contributed by atoms with van der Waals surface area (Å²) in [7, 11) is 0. The fourth-order valence-corrected chi connectivity index (χ4v) is 3.77. The lowest BCUT2D eigenvalue weighted by Gasteiger charge is -2.39. The number of ether oxygens (including phenoxy) is 1. The minimum atomic E-state index is 0.0484.